The van der Waals surface area contributed by atoms with Gasteiger partial charge in [0.15, 0.2) is 5.82 Å². The Kier molecular flexibility index (Phi) is 11.1. The van der Waals surface area contributed by atoms with Crippen molar-refractivity contribution in [3.05, 3.63) is 131 Å². The highest BCUT2D eigenvalue weighted by Gasteiger charge is 2.43. The number of alkyl halides is 3. The highest BCUT2D eigenvalue weighted by atomic mass is 32.2. The van der Waals surface area contributed by atoms with Crippen LogP contribution >= 0.6 is 0 Å². The van der Waals surface area contributed by atoms with Crippen LogP contribution in [0.3, 0.4) is 0 Å². The molecule has 6 aromatic rings. The van der Waals surface area contributed by atoms with E-state index in [-0.39, 0.29) is 42.3 Å². The Balaban J connectivity index is 1.62. The van der Waals surface area contributed by atoms with Crippen LogP contribution in [0.5, 0.6) is 17.2 Å². The standard InChI is InChI=1S/C38H33F3N6O7S/c1-52-28-11-4-24(5-12-28)21-46(22-25-6-13-29(53-2)14-7-25)55(50,51)35-32(38(39,40)41)18-17-31(27-10-19-33(37(48)49)42-20-27)34(35)36-43-44-45-47(36)23-26-8-15-30(54-3)16-9-26/h4-20H,21-23H2,1-3H3,(H,48,49). The summed E-state index contributed by atoms with van der Waals surface area (Å²) < 4.78 is 94.0. The lowest BCUT2D eigenvalue weighted by atomic mass is 9.97. The number of halogens is 3. The van der Waals surface area contributed by atoms with Gasteiger partial charge in [0.05, 0.1) is 33.4 Å². The molecule has 1 N–H and O–H groups in total. The Labute approximate surface area is 313 Å². The zero-order chi connectivity index (χ0) is 39.3. The lowest BCUT2D eigenvalue weighted by molar-refractivity contribution is -0.139. The highest BCUT2D eigenvalue weighted by molar-refractivity contribution is 7.89. The number of rotatable bonds is 14. The van der Waals surface area contributed by atoms with Crippen molar-refractivity contribution < 1.29 is 45.7 Å². The van der Waals surface area contributed by atoms with Crippen molar-refractivity contribution in [2.24, 2.45) is 0 Å². The van der Waals surface area contributed by atoms with E-state index < -0.39 is 38.2 Å². The van der Waals surface area contributed by atoms with Gasteiger partial charge in [-0.15, -0.1) is 5.10 Å². The van der Waals surface area contributed by atoms with Gasteiger partial charge in [-0.3, -0.25) is 0 Å². The maximum atomic E-state index is 15.2. The molecule has 284 valence electrons. The number of tetrazole rings is 1. The summed E-state index contributed by atoms with van der Waals surface area (Å²) >= 11 is 0. The minimum absolute atomic E-state index is 0.0457. The number of pyridine rings is 1. The van der Waals surface area contributed by atoms with Gasteiger partial charge in [0.1, 0.15) is 27.8 Å². The predicted molar refractivity (Wildman–Crippen MR) is 193 cm³/mol. The number of hydrogen-bond donors (Lipinski definition) is 1. The summed E-state index contributed by atoms with van der Waals surface area (Å²) in [6, 6.07) is 23.9. The quantitative estimate of drug-likeness (QED) is 0.127. The molecule has 0 aliphatic rings. The first-order valence-electron chi connectivity index (χ1n) is 16.4. The Morgan fingerprint density at radius 3 is 1.75 bits per heavy atom. The largest absolute Gasteiger partial charge is 0.497 e. The molecule has 0 aliphatic heterocycles. The molecule has 2 heterocycles. The zero-order valence-corrected chi connectivity index (χ0v) is 30.4. The van der Waals surface area contributed by atoms with Crippen LogP contribution < -0.4 is 14.2 Å². The Morgan fingerprint density at radius 1 is 0.764 bits per heavy atom. The molecule has 0 saturated heterocycles. The molecule has 13 nitrogen and oxygen atoms in total. The lowest BCUT2D eigenvalue weighted by Gasteiger charge is -2.27. The second-order valence-corrected chi connectivity index (χ2v) is 14.0. The van der Waals surface area contributed by atoms with E-state index in [1.54, 1.807) is 72.8 Å². The molecule has 0 aliphatic carbocycles. The lowest BCUT2D eigenvalue weighted by Crippen LogP contribution is -2.32. The molecule has 0 atom stereocenters. The summed E-state index contributed by atoms with van der Waals surface area (Å²) in [5, 5.41) is 21.4. The maximum Gasteiger partial charge on any atom is 0.417 e. The van der Waals surface area contributed by atoms with E-state index in [9.17, 15) is 9.90 Å². The van der Waals surface area contributed by atoms with E-state index in [4.69, 9.17) is 14.2 Å². The Hall–Kier alpha value is -6.33. The van der Waals surface area contributed by atoms with E-state index in [0.717, 1.165) is 22.6 Å². The molecule has 0 radical (unpaired) electrons. The number of benzene rings is 4. The van der Waals surface area contributed by atoms with Crippen LogP contribution in [-0.4, -0.2) is 70.3 Å². The van der Waals surface area contributed by atoms with Gasteiger partial charge in [-0.2, -0.15) is 17.5 Å². The first kappa shape index (κ1) is 38.4. The van der Waals surface area contributed by atoms with Crippen molar-refractivity contribution in [2.75, 3.05) is 21.3 Å². The maximum absolute atomic E-state index is 15.2. The second kappa shape index (κ2) is 16.0. The summed E-state index contributed by atoms with van der Waals surface area (Å²) in [7, 11) is -0.707. The van der Waals surface area contributed by atoms with Crippen LogP contribution in [0.15, 0.2) is 108 Å². The minimum Gasteiger partial charge on any atom is -0.497 e. The number of carboxylic acid groups (broad SMARTS) is 1. The molecular formula is C38H33F3N6O7S. The SMILES string of the molecule is COc1ccc(CN(Cc2ccc(OC)cc2)S(=O)(=O)c2c(C(F)(F)F)ccc(-c3ccc(C(=O)O)nc3)c2-c2nnnn2Cc2ccc(OC)cc2)cc1. The van der Waals surface area contributed by atoms with Crippen LogP contribution in [0.1, 0.15) is 32.7 Å². The monoisotopic (exact) mass is 774 g/mol. The van der Waals surface area contributed by atoms with Crippen molar-refractivity contribution in [1.82, 2.24) is 29.5 Å². The predicted octanol–water partition coefficient (Wildman–Crippen LogP) is 6.58. The molecule has 0 unspecified atom stereocenters. The molecule has 0 bridgehead atoms. The Morgan fingerprint density at radius 2 is 1.29 bits per heavy atom. The number of ether oxygens (including phenoxy) is 3. The topological polar surface area (TPSA) is 159 Å². The highest BCUT2D eigenvalue weighted by Crippen LogP contribution is 2.45. The van der Waals surface area contributed by atoms with Crippen molar-refractivity contribution in [3.8, 4) is 39.8 Å². The molecule has 0 spiro atoms. The molecule has 6 rings (SSSR count). The molecule has 4 aromatic carbocycles. The van der Waals surface area contributed by atoms with Crippen molar-refractivity contribution in [1.29, 1.82) is 0 Å². The van der Waals surface area contributed by atoms with E-state index in [1.807, 2.05) is 0 Å². The Bertz CT molecular complexity index is 2340. The number of hydrogen-bond acceptors (Lipinski definition) is 10. The van der Waals surface area contributed by atoms with Gasteiger partial charge in [-0.1, -0.05) is 48.5 Å². The third-order valence-corrected chi connectivity index (χ3v) is 10.5. The van der Waals surface area contributed by atoms with Gasteiger partial charge in [-0.25, -0.2) is 22.9 Å². The number of carbonyl (C=O) groups is 1. The van der Waals surface area contributed by atoms with E-state index in [2.05, 4.69) is 20.5 Å². The van der Waals surface area contributed by atoms with Gasteiger partial charge in [0.2, 0.25) is 10.0 Å². The molecule has 0 fully saturated rings. The fraction of sp³-hybridized carbons (Fsp3) is 0.184. The van der Waals surface area contributed by atoms with Gasteiger partial charge in [0, 0.05) is 30.4 Å². The number of aromatic carboxylic acids is 1. The minimum atomic E-state index is -5.18. The molecule has 0 amide bonds. The fourth-order valence-corrected chi connectivity index (χ4v) is 7.65. The summed E-state index contributed by atoms with van der Waals surface area (Å²) in [6.45, 7) is -0.755. The number of sulfonamides is 1. The first-order chi connectivity index (χ1) is 26.3. The van der Waals surface area contributed by atoms with Gasteiger partial charge < -0.3 is 19.3 Å². The van der Waals surface area contributed by atoms with E-state index in [0.29, 0.717) is 40.0 Å². The van der Waals surface area contributed by atoms with E-state index in [1.165, 1.54) is 32.1 Å². The number of carboxylic acids is 1. The van der Waals surface area contributed by atoms with Crippen LogP contribution in [0.25, 0.3) is 22.5 Å². The number of nitrogens with zero attached hydrogens (tertiary/aromatic N) is 6. The van der Waals surface area contributed by atoms with Crippen LogP contribution in [0.2, 0.25) is 0 Å². The third kappa shape index (κ3) is 8.42. The van der Waals surface area contributed by atoms with Crippen molar-refractivity contribution >= 4 is 16.0 Å². The summed E-state index contributed by atoms with van der Waals surface area (Å²) in [5.41, 5.74) is -0.650. The van der Waals surface area contributed by atoms with Gasteiger partial charge in [-0.05, 0) is 81.2 Å². The molecule has 17 heteroatoms. The normalized spacial score (nSPS) is 11.8. The number of aromatic nitrogens is 5. The summed E-state index contributed by atoms with van der Waals surface area (Å²) in [5.74, 6) is -0.0895. The van der Waals surface area contributed by atoms with Gasteiger partial charge in [0.25, 0.3) is 0 Å². The average molecular weight is 775 g/mol. The molecular weight excluding hydrogens is 742 g/mol. The van der Waals surface area contributed by atoms with Crippen LogP contribution in [-0.2, 0) is 35.8 Å². The second-order valence-electron chi connectivity index (χ2n) is 12.1. The summed E-state index contributed by atoms with van der Waals surface area (Å²) in [6.07, 6.45) is -4.04. The first-order valence-corrected chi connectivity index (χ1v) is 17.9. The van der Waals surface area contributed by atoms with Crippen molar-refractivity contribution in [2.45, 2.75) is 30.7 Å². The number of methoxy groups -OCH3 is 3. The van der Waals surface area contributed by atoms with Crippen LogP contribution in [0, 0.1) is 0 Å². The molecule has 2 aromatic heterocycles. The average Bonchev–Trinajstić information content (AvgIpc) is 3.65. The van der Waals surface area contributed by atoms with E-state index >= 15 is 21.6 Å². The zero-order valence-electron chi connectivity index (χ0n) is 29.6. The fourth-order valence-electron chi connectivity index (χ4n) is 5.83. The third-order valence-electron chi connectivity index (χ3n) is 8.64. The van der Waals surface area contributed by atoms with Crippen molar-refractivity contribution in [3.63, 3.8) is 0 Å². The summed E-state index contributed by atoms with van der Waals surface area (Å²) in [4.78, 5) is 14.5. The molecule has 0 saturated carbocycles. The molecule has 55 heavy (non-hydrogen) atoms. The van der Waals surface area contributed by atoms with Crippen LogP contribution in [0.4, 0.5) is 13.2 Å². The smallest absolute Gasteiger partial charge is 0.417 e. The van der Waals surface area contributed by atoms with Gasteiger partial charge >= 0.3 is 12.1 Å².